The van der Waals surface area contributed by atoms with Crippen molar-refractivity contribution in [1.82, 2.24) is 0 Å². The number of rotatable bonds is 5. The van der Waals surface area contributed by atoms with Gasteiger partial charge in [0, 0.05) is 6.42 Å². The van der Waals surface area contributed by atoms with E-state index in [4.69, 9.17) is 9.11 Å². The van der Waals surface area contributed by atoms with E-state index in [1.54, 1.807) is 30.3 Å². The Morgan fingerprint density at radius 3 is 2.06 bits per heavy atom. The lowest BCUT2D eigenvalue weighted by Crippen LogP contribution is -2.09. The molecule has 0 aliphatic rings. The van der Waals surface area contributed by atoms with Gasteiger partial charge in [-0.25, -0.2) is 0 Å². The fourth-order valence-electron chi connectivity index (χ4n) is 1.24. The molecule has 1 aromatic rings. The summed E-state index contributed by atoms with van der Waals surface area (Å²) < 4.78 is 60.8. The van der Waals surface area contributed by atoms with E-state index in [0.717, 1.165) is 6.08 Å². The van der Waals surface area contributed by atoms with Crippen molar-refractivity contribution in [2.45, 2.75) is 6.42 Å². The lowest BCUT2D eigenvalue weighted by atomic mass is 10.2. The van der Waals surface area contributed by atoms with Crippen LogP contribution in [-0.4, -0.2) is 31.7 Å². The summed E-state index contributed by atoms with van der Waals surface area (Å²) in [7, 11) is -8.79. The molecule has 1 rings (SSSR count). The van der Waals surface area contributed by atoms with Gasteiger partial charge in [0.25, 0.3) is 20.2 Å². The lowest BCUT2D eigenvalue weighted by Gasteiger charge is -2.03. The van der Waals surface area contributed by atoms with Gasteiger partial charge in [-0.1, -0.05) is 30.3 Å². The van der Waals surface area contributed by atoms with Crippen molar-refractivity contribution in [1.29, 1.82) is 0 Å². The maximum atomic E-state index is 11.1. The van der Waals surface area contributed by atoms with Gasteiger partial charge in [-0.15, -0.1) is 0 Å². The monoisotopic (exact) mass is 292 g/mol. The molecule has 0 aromatic heterocycles. The number of benzene rings is 1. The number of allylic oxidation sites excluding steroid dienone is 1. The van der Waals surface area contributed by atoms with Crippen LogP contribution in [0.3, 0.4) is 0 Å². The molecule has 0 fully saturated rings. The van der Waals surface area contributed by atoms with Gasteiger partial charge in [0.15, 0.2) is 0 Å². The molecule has 0 radical (unpaired) electrons. The van der Waals surface area contributed by atoms with Gasteiger partial charge in [0.05, 0.1) is 10.7 Å². The van der Waals surface area contributed by atoms with Crippen LogP contribution in [0, 0.1) is 0 Å². The maximum Gasteiger partial charge on any atom is 0.290 e. The average Bonchev–Trinajstić information content (AvgIpc) is 2.22. The minimum atomic E-state index is -4.50. The number of hydrogen-bond donors (Lipinski definition) is 2. The molecule has 0 atom stereocenters. The third-order valence-corrected chi connectivity index (χ3v) is 3.77. The zero-order valence-corrected chi connectivity index (χ0v) is 10.9. The fourth-order valence-corrected chi connectivity index (χ4v) is 2.49. The van der Waals surface area contributed by atoms with Crippen LogP contribution >= 0.6 is 0 Å². The Bertz CT molecular complexity index is 628. The van der Waals surface area contributed by atoms with Crippen LogP contribution in [0.5, 0.6) is 0 Å². The summed E-state index contributed by atoms with van der Waals surface area (Å²) in [6, 6.07) is 8.24. The highest BCUT2D eigenvalue weighted by Crippen LogP contribution is 2.15. The molecular formula is C10H12O6S2. The predicted molar refractivity (Wildman–Crippen MR) is 67.0 cm³/mol. The summed E-state index contributed by atoms with van der Waals surface area (Å²) in [6.45, 7) is 0. The quantitative estimate of drug-likeness (QED) is 0.789. The standard InChI is InChI=1S/C10H12O6S2/c11-17(12,13)7-6-10(18(14,15)16)8-9-4-2-1-3-5-9/h1-5,8H,6-7H2,(H,11,12,13)(H,14,15,16). The van der Waals surface area contributed by atoms with Gasteiger partial charge in [-0.05, 0) is 11.6 Å². The summed E-state index contributed by atoms with van der Waals surface area (Å²) >= 11 is 0. The predicted octanol–water partition coefficient (Wildman–Crippen LogP) is 1.19. The molecule has 0 heterocycles. The van der Waals surface area contributed by atoms with Crippen LogP contribution in [0.15, 0.2) is 35.2 Å². The highest BCUT2D eigenvalue weighted by atomic mass is 32.2. The first-order valence-corrected chi connectivity index (χ1v) is 7.92. The topological polar surface area (TPSA) is 109 Å². The average molecular weight is 292 g/mol. The second-order valence-corrected chi connectivity index (χ2v) is 6.58. The van der Waals surface area contributed by atoms with Gasteiger partial charge in [-0.3, -0.25) is 9.11 Å². The zero-order valence-electron chi connectivity index (χ0n) is 9.22. The molecule has 0 unspecified atom stereocenters. The van der Waals surface area contributed by atoms with E-state index in [9.17, 15) is 16.8 Å². The summed E-state index contributed by atoms with van der Waals surface area (Å²) in [4.78, 5) is -0.466. The Labute approximate surface area is 105 Å². The summed E-state index contributed by atoms with van der Waals surface area (Å²) in [5.74, 6) is -0.772. The molecule has 18 heavy (non-hydrogen) atoms. The van der Waals surface area contributed by atoms with Crippen LogP contribution < -0.4 is 0 Å². The molecule has 2 N–H and O–H groups in total. The Kier molecular flexibility index (Phi) is 4.63. The SMILES string of the molecule is O=S(=O)(O)CCC(=Cc1ccccc1)S(=O)(=O)O. The van der Waals surface area contributed by atoms with Gasteiger partial charge < -0.3 is 0 Å². The molecule has 0 saturated heterocycles. The van der Waals surface area contributed by atoms with Crippen molar-refractivity contribution in [3.63, 3.8) is 0 Å². The maximum absolute atomic E-state index is 11.1. The van der Waals surface area contributed by atoms with Gasteiger partial charge in [0.2, 0.25) is 0 Å². The van der Waals surface area contributed by atoms with Crippen LogP contribution in [0.2, 0.25) is 0 Å². The molecule has 100 valence electrons. The van der Waals surface area contributed by atoms with E-state index < -0.39 is 37.3 Å². The van der Waals surface area contributed by atoms with Crippen molar-refractivity contribution in [3.05, 3.63) is 40.8 Å². The highest BCUT2D eigenvalue weighted by molar-refractivity contribution is 7.90. The van der Waals surface area contributed by atoms with E-state index in [2.05, 4.69) is 0 Å². The summed E-state index contributed by atoms with van der Waals surface area (Å²) in [5.41, 5.74) is 0.500. The largest absolute Gasteiger partial charge is 0.290 e. The minimum Gasteiger partial charge on any atom is -0.286 e. The Morgan fingerprint density at radius 2 is 1.61 bits per heavy atom. The normalized spacial score (nSPS) is 13.6. The summed E-state index contributed by atoms with van der Waals surface area (Å²) in [5, 5.41) is 0. The molecular weight excluding hydrogens is 280 g/mol. The third kappa shape index (κ3) is 5.41. The molecule has 6 nitrogen and oxygen atoms in total. The molecule has 0 aliphatic carbocycles. The Morgan fingerprint density at radius 1 is 1.06 bits per heavy atom. The van der Waals surface area contributed by atoms with E-state index in [0.29, 0.717) is 5.56 Å². The lowest BCUT2D eigenvalue weighted by molar-refractivity contribution is 0.481. The van der Waals surface area contributed by atoms with Crippen LogP contribution in [0.4, 0.5) is 0 Å². The van der Waals surface area contributed by atoms with E-state index in [1.807, 2.05) is 0 Å². The van der Waals surface area contributed by atoms with Gasteiger partial charge in [0.1, 0.15) is 0 Å². The van der Waals surface area contributed by atoms with E-state index in [1.165, 1.54) is 0 Å². The zero-order chi connectivity index (χ0) is 13.8. The minimum absolute atomic E-state index is 0.466. The van der Waals surface area contributed by atoms with Crippen molar-refractivity contribution in [2.24, 2.45) is 0 Å². The van der Waals surface area contributed by atoms with Crippen LogP contribution in [0.25, 0.3) is 6.08 Å². The first kappa shape index (κ1) is 14.8. The molecule has 0 amide bonds. The van der Waals surface area contributed by atoms with Crippen molar-refractivity contribution in [2.75, 3.05) is 5.75 Å². The Balaban J connectivity index is 3.05. The second-order valence-electron chi connectivity index (χ2n) is 3.53. The molecule has 0 aliphatic heterocycles. The fraction of sp³-hybridized carbons (Fsp3) is 0.200. The van der Waals surface area contributed by atoms with E-state index >= 15 is 0 Å². The molecule has 0 bridgehead atoms. The summed E-state index contributed by atoms with van der Waals surface area (Å²) in [6.07, 6.45) is 0.660. The van der Waals surface area contributed by atoms with Crippen molar-refractivity contribution >= 4 is 26.3 Å². The molecule has 8 heteroatoms. The first-order valence-electron chi connectivity index (χ1n) is 4.87. The van der Waals surface area contributed by atoms with Crippen molar-refractivity contribution in [3.8, 4) is 0 Å². The van der Waals surface area contributed by atoms with E-state index in [-0.39, 0.29) is 0 Å². The smallest absolute Gasteiger partial charge is 0.286 e. The Hall–Kier alpha value is -1.22. The molecule has 0 saturated carbocycles. The van der Waals surface area contributed by atoms with Gasteiger partial charge in [-0.2, -0.15) is 16.8 Å². The van der Waals surface area contributed by atoms with Gasteiger partial charge >= 0.3 is 0 Å². The van der Waals surface area contributed by atoms with Crippen LogP contribution in [-0.2, 0) is 20.2 Å². The second kappa shape index (κ2) is 5.61. The third-order valence-electron chi connectivity index (χ3n) is 2.06. The van der Waals surface area contributed by atoms with Crippen molar-refractivity contribution < 1.29 is 25.9 Å². The molecule has 0 spiro atoms. The van der Waals surface area contributed by atoms with Crippen LogP contribution in [0.1, 0.15) is 12.0 Å². The first-order chi connectivity index (χ1) is 8.18. The number of hydrogen-bond acceptors (Lipinski definition) is 4. The molecule has 1 aromatic carbocycles. The highest BCUT2D eigenvalue weighted by Gasteiger charge is 2.17.